The molecular weight excluding hydrogens is 244 g/mol. The summed E-state index contributed by atoms with van der Waals surface area (Å²) in [4.78, 5) is 4.74. The number of aromatic nitrogens is 4. The Balaban J connectivity index is 2.18. The third-order valence-corrected chi connectivity index (χ3v) is 3.98. The van der Waals surface area contributed by atoms with Crippen molar-refractivity contribution in [1.29, 1.82) is 0 Å². The molecule has 2 heterocycles. The van der Waals surface area contributed by atoms with Crippen molar-refractivity contribution in [3.63, 3.8) is 0 Å². The predicted octanol–water partition coefficient (Wildman–Crippen LogP) is 2.73. The topological polar surface area (TPSA) is 46.5 Å². The number of pyridine rings is 1. The Labute approximate surface area is 111 Å². The number of H-pyrrole nitrogens is 1. The van der Waals surface area contributed by atoms with Crippen molar-refractivity contribution in [2.24, 2.45) is 7.05 Å². The molecule has 0 unspecified atom stereocenters. The van der Waals surface area contributed by atoms with Crippen LogP contribution in [0.4, 0.5) is 0 Å². The second-order valence-corrected chi connectivity index (χ2v) is 5.23. The van der Waals surface area contributed by atoms with E-state index in [2.05, 4.69) is 16.3 Å². The van der Waals surface area contributed by atoms with E-state index in [0.717, 1.165) is 29.9 Å². The average molecular weight is 260 g/mol. The summed E-state index contributed by atoms with van der Waals surface area (Å²) < 4.78 is 2.54. The highest BCUT2D eigenvalue weighted by Gasteiger charge is 2.16. The number of aryl methyl sites for hydroxylation is 3. The molecule has 1 aliphatic carbocycles. The molecular formula is C13H16N4S. The Morgan fingerprint density at radius 1 is 1.33 bits per heavy atom. The van der Waals surface area contributed by atoms with Gasteiger partial charge in [0.05, 0.1) is 0 Å². The van der Waals surface area contributed by atoms with Gasteiger partial charge in [0.15, 0.2) is 10.6 Å². The van der Waals surface area contributed by atoms with Crippen LogP contribution in [-0.4, -0.2) is 19.7 Å². The number of nitrogens with one attached hydrogen (secondary N) is 1. The Kier molecular flexibility index (Phi) is 2.78. The van der Waals surface area contributed by atoms with E-state index in [4.69, 9.17) is 17.2 Å². The van der Waals surface area contributed by atoms with E-state index < -0.39 is 0 Å². The van der Waals surface area contributed by atoms with E-state index in [9.17, 15) is 0 Å². The zero-order valence-electron chi connectivity index (χ0n) is 10.7. The molecule has 0 atom stereocenters. The van der Waals surface area contributed by atoms with Gasteiger partial charge in [0.2, 0.25) is 0 Å². The lowest BCUT2D eigenvalue weighted by atomic mass is 9.94. The van der Waals surface area contributed by atoms with E-state index >= 15 is 0 Å². The van der Waals surface area contributed by atoms with Gasteiger partial charge in [-0.25, -0.2) is 0 Å². The summed E-state index contributed by atoms with van der Waals surface area (Å²) in [5.74, 6) is 0.873. The van der Waals surface area contributed by atoms with Crippen molar-refractivity contribution in [3.05, 3.63) is 27.8 Å². The highest BCUT2D eigenvalue weighted by molar-refractivity contribution is 7.71. The van der Waals surface area contributed by atoms with Gasteiger partial charge in [-0.05, 0) is 56.5 Å². The molecule has 2 aromatic heterocycles. The molecule has 0 fully saturated rings. The van der Waals surface area contributed by atoms with Crippen LogP contribution in [-0.2, 0) is 19.9 Å². The zero-order valence-corrected chi connectivity index (χ0v) is 11.5. The van der Waals surface area contributed by atoms with Gasteiger partial charge in [-0.15, -0.1) is 0 Å². The standard InChI is InChI=1S/C13H16N4S/c1-8-10(12-15-16-13(18)17(12)2)7-9-5-3-4-6-11(9)14-8/h7H,3-6H2,1-2H3,(H,16,18). The van der Waals surface area contributed by atoms with Gasteiger partial charge in [-0.1, -0.05) is 0 Å². The number of rotatable bonds is 1. The van der Waals surface area contributed by atoms with Crippen LogP contribution in [0.15, 0.2) is 6.07 Å². The molecule has 2 aromatic rings. The monoisotopic (exact) mass is 260 g/mol. The number of hydrogen-bond acceptors (Lipinski definition) is 3. The largest absolute Gasteiger partial charge is 0.303 e. The van der Waals surface area contributed by atoms with Crippen LogP contribution in [0.1, 0.15) is 29.8 Å². The van der Waals surface area contributed by atoms with Crippen LogP contribution in [0.5, 0.6) is 0 Å². The quantitative estimate of drug-likeness (QED) is 0.802. The van der Waals surface area contributed by atoms with Gasteiger partial charge in [-0.2, -0.15) is 5.10 Å². The van der Waals surface area contributed by atoms with Gasteiger partial charge in [0.25, 0.3) is 0 Å². The van der Waals surface area contributed by atoms with Crippen LogP contribution in [0.25, 0.3) is 11.4 Å². The minimum atomic E-state index is 0.641. The molecule has 1 aliphatic rings. The summed E-state index contributed by atoms with van der Waals surface area (Å²) in [6, 6.07) is 2.24. The molecule has 3 rings (SSSR count). The van der Waals surface area contributed by atoms with Gasteiger partial charge >= 0.3 is 0 Å². The maximum absolute atomic E-state index is 5.16. The van der Waals surface area contributed by atoms with E-state index in [1.807, 2.05) is 18.5 Å². The van der Waals surface area contributed by atoms with E-state index in [-0.39, 0.29) is 0 Å². The Hall–Kier alpha value is -1.49. The highest BCUT2D eigenvalue weighted by atomic mass is 32.1. The van der Waals surface area contributed by atoms with Crippen LogP contribution in [0.2, 0.25) is 0 Å². The van der Waals surface area contributed by atoms with Crippen molar-refractivity contribution in [3.8, 4) is 11.4 Å². The summed E-state index contributed by atoms with van der Waals surface area (Å²) in [6.45, 7) is 2.04. The van der Waals surface area contributed by atoms with Crippen molar-refractivity contribution < 1.29 is 0 Å². The molecule has 4 nitrogen and oxygen atoms in total. The number of hydrogen-bond donors (Lipinski definition) is 1. The maximum atomic E-state index is 5.16. The summed E-state index contributed by atoms with van der Waals surface area (Å²) >= 11 is 5.16. The SMILES string of the molecule is Cc1nc2c(cc1-c1n[nH]c(=S)n1C)CCCC2. The van der Waals surface area contributed by atoms with Crippen LogP contribution in [0, 0.1) is 11.7 Å². The minimum Gasteiger partial charge on any atom is -0.303 e. The van der Waals surface area contributed by atoms with E-state index in [1.165, 1.54) is 24.1 Å². The fourth-order valence-electron chi connectivity index (χ4n) is 2.55. The smallest absolute Gasteiger partial charge is 0.195 e. The molecule has 0 aromatic carbocycles. The molecule has 0 amide bonds. The fraction of sp³-hybridized carbons (Fsp3) is 0.462. The first-order valence-corrected chi connectivity index (χ1v) is 6.69. The van der Waals surface area contributed by atoms with Crippen molar-refractivity contribution in [2.45, 2.75) is 32.6 Å². The fourth-order valence-corrected chi connectivity index (χ4v) is 2.68. The third-order valence-electron chi connectivity index (χ3n) is 3.61. The lowest BCUT2D eigenvalue weighted by Crippen LogP contribution is -2.08. The zero-order chi connectivity index (χ0) is 12.7. The molecule has 1 N–H and O–H groups in total. The van der Waals surface area contributed by atoms with E-state index in [0.29, 0.717) is 4.77 Å². The number of aromatic amines is 1. The van der Waals surface area contributed by atoms with Gasteiger partial charge in [0, 0.05) is 24.0 Å². The summed E-state index contributed by atoms with van der Waals surface area (Å²) in [7, 11) is 1.93. The van der Waals surface area contributed by atoms with Crippen molar-refractivity contribution in [1.82, 2.24) is 19.7 Å². The van der Waals surface area contributed by atoms with Crippen molar-refractivity contribution in [2.75, 3.05) is 0 Å². The van der Waals surface area contributed by atoms with Crippen molar-refractivity contribution >= 4 is 12.2 Å². The molecule has 0 bridgehead atoms. The maximum Gasteiger partial charge on any atom is 0.195 e. The van der Waals surface area contributed by atoms with Crippen LogP contribution >= 0.6 is 12.2 Å². The molecule has 94 valence electrons. The first-order valence-electron chi connectivity index (χ1n) is 6.28. The molecule has 0 radical (unpaired) electrons. The Bertz CT molecular complexity index is 653. The van der Waals surface area contributed by atoms with E-state index in [1.54, 1.807) is 0 Å². The molecule has 5 heteroatoms. The second-order valence-electron chi connectivity index (χ2n) is 4.85. The molecule has 0 saturated carbocycles. The lowest BCUT2D eigenvalue weighted by molar-refractivity contribution is 0.665. The number of fused-ring (bicyclic) bond motifs is 1. The highest BCUT2D eigenvalue weighted by Crippen LogP contribution is 2.27. The third kappa shape index (κ3) is 1.79. The Morgan fingerprint density at radius 3 is 2.83 bits per heavy atom. The number of nitrogens with zero attached hydrogens (tertiary/aromatic N) is 3. The van der Waals surface area contributed by atoms with Gasteiger partial charge in [-0.3, -0.25) is 10.1 Å². The van der Waals surface area contributed by atoms with Crippen LogP contribution in [0.3, 0.4) is 0 Å². The average Bonchev–Trinajstić information content (AvgIpc) is 2.69. The minimum absolute atomic E-state index is 0.641. The first kappa shape index (κ1) is 11.6. The molecule has 0 saturated heterocycles. The summed E-state index contributed by atoms with van der Waals surface area (Å²) in [5.41, 5.74) is 4.76. The van der Waals surface area contributed by atoms with Crippen LogP contribution < -0.4 is 0 Å². The van der Waals surface area contributed by atoms with Gasteiger partial charge < -0.3 is 4.57 Å². The predicted molar refractivity (Wildman–Crippen MR) is 73.0 cm³/mol. The van der Waals surface area contributed by atoms with Gasteiger partial charge in [0.1, 0.15) is 0 Å². The first-order chi connectivity index (χ1) is 8.66. The summed E-state index contributed by atoms with van der Waals surface area (Å²) in [5, 5.41) is 7.13. The lowest BCUT2D eigenvalue weighted by Gasteiger charge is -2.17. The molecule has 0 aliphatic heterocycles. The molecule has 18 heavy (non-hydrogen) atoms. The molecule has 0 spiro atoms. The Morgan fingerprint density at radius 2 is 2.11 bits per heavy atom. The second kappa shape index (κ2) is 4.31. The summed E-state index contributed by atoms with van der Waals surface area (Å²) in [6.07, 6.45) is 4.75. The normalized spacial score (nSPS) is 14.6.